The van der Waals surface area contributed by atoms with E-state index < -0.39 is 6.17 Å². The van der Waals surface area contributed by atoms with E-state index in [2.05, 4.69) is 10.6 Å². The van der Waals surface area contributed by atoms with Gasteiger partial charge in [0.15, 0.2) is 5.11 Å². The van der Waals surface area contributed by atoms with E-state index in [0.717, 1.165) is 5.56 Å². The molecule has 0 radical (unpaired) electrons. The number of benzene rings is 3. The second-order valence-corrected chi connectivity index (χ2v) is 8.97. The minimum Gasteiger partial charge on any atom is -0.495 e. The van der Waals surface area contributed by atoms with Gasteiger partial charge < -0.3 is 20.3 Å². The molecule has 3 aromatic rings. The molecule has 1 heterocycles. The van der Waals surface area contributed by atoms with Gasteiger partial charge in [-0.1, -0.05) is 47.5 Å². The number of hydrogen-bond donors (Lipinski definition) is 2. The highest BCUT2D eigenvalue weighted by Gasteiger charge is 2.31. The average Bonchev–Trinajstić information content (AvgIpc) is 2.90. The van der Waals surface area contributed by atoms with Crippen LogP contribution >= 0.6 is 35.4 Å². The number of aliphatic imine (C=N–C) groups is 1. The predicted molar refractivity (Wildman–Crippen MR) is 143 cm³/mol. The van der Waals surface area contributed by atoms with Crippen molar-refractivity contribution < 1.29 is 9.53 Å². The zero-order valence-corrected chi connectivity index (χ0v) is 21.1. The first-order chi connectivity index (χ1) is 16.3. The highest BCUT2D eigenvalue weighted by molar-refractivity contribution is 7.80. The Morgan fingerprint density at radius 2 is 1.85 bits per heavy atom. The second-order valence-electron chi connectivity index (χ2n) is 7.72. The Labute approximate surface area is 213 Å². The lowest BCUT2D eigenvalue weighted by Crippen LogP contribution is -2.47. The molecule has 3 aromatic carbocycles. The van der Waals surface area contributed by atoms with Crippen LogP contribution in [0.2, 0.25) is 10.0 Å². The lowest BCUT2D eigenvalue weighted by Gasteiger charge is -2.22. The number of carbonyl (C=O) groups is 1. The zero-order chi connectivity index (χ0) is 24.4. The smallest absolute Gasteiger partial charge is 0.272 e. The summed E-state index contributed by atoms with van der Waals surface area (Å²) in [6.07, 6.45) is -1.00. The van der Waals surface area contributed by atoms with Crippen LogP contribution in [0.15, 0.2) is 65.7 Å². The van der Waals surface area contributed by atoms with Gasteiger partial charge in [0.2, 0.25) is 6.17 Å². The number of fused-ring (bicyclic) bond motifs is 1. The van der Waals surface area contributed by atoms with E-state index >= 15 is 0 Å². The Balaban J connectivity index is 1.74. The van der Waals surface area contributed by atoms with Crippen molar-refractivity contribution in [1.82, 2.24) is 5.32 Å². The van der Waals surface area contributed by atoms with Gasteiger partial charge >= 0.3 is 0 Å². The SMILES string of the molecule is COc1ccc(C)cc1NC(=S)NC1N=C(c2ccccc2Cl)c2cc(Cl)ccc2N(C)C1=O. The topological polar surface area (TPSA) is 66.0 Å². The average molecular weight is 513 g/mol. The van der Waals surface area contributed by atoms with E-state index in [4.69, 9.17) is 45.1 Å². The van der Waals surface area contributed by atoms with Crippen LogP contribution in [0.4, 0.5) is 11.4 Å². The molecule has 1 aliphatic rings. The van der Waals surface area contributed by atoms with Gasteiger partial charge in [-0.25, -0.2) is 4.99 Å². The summed E-state index contributed by atoms with van der Waals surface area (Å²) in [6.45, 7) is 1.97. The Kier molecular flexibility index (Phi) is 7.07. The third kappa shape index (κ3) is 4.87. The number of halogens is 2. The van der Waals surface area contributed by atoms with Crippen LogP contribution < -0.4 is 20.3 Å². The lowest BCUT2D eigenvalue weighted by atomic mass is 10.00. The van der Waals surface area contributed by atoms with E-state index in [1.807, 2.05) is 43.3 Å². The molecule has 1 unspecified atom stereocenters. The molecule has 1 atom stereocenters. The molecule has 0 bridgehead atoms. The summed E-state index contributed by atoms with van der Waals surface area (Å²) in [5.41, 5.74) is 4.29. The first-order valence-electron chi connectivity index (χ1n) is 10.4. The van der Waals surface area contributed by atoms with E-state index in [9.17, 15) is 4.79 Å². The first-order valence-corrected chi connectivity index (χ1v) is 11.6. The molecule has 2 N–H and O–H groups in total. The quantitative estimate of drug-likeness (QED) is 0.455. The standard InChI is InChI=1S/C25H22Cl2N4O2S/c1-14-8-11-21(33-3)19(12-14)28-25(34)30-23-24(32)31(2)20-10-9-15(26)13-17(20)22(29-23)16-6-4-5-7-18(16)27/h4-13,23H,1-3H3,(H2,28,30,34). The number of hydrogen-bond acceptors (Lipinski definition) is 4. The summed E-state index contributed by atoms with van der Waals surface area (Å²) in [5, 5.41) is 7.40. The monoisotopic (exact) mass is 512 g/mol. The van der Waals surface area contributed by atoms with Crippen LogP contribution in [-0.2, 0) is 4.79 Å². The molecule has 174 valence electrons. The molecule has 0 spiro atoms. The first kappa shape index (κ1) is 24.0. The summed E-state index contributed by atoms with van der Waals surface area (Å²) in [7, 11) is 3.27. The minimum absolute atomic E-state index is 0.224. The summed E-state index contributed by atoms with van der Waals surface area (Å²) in [5.74, 6) is 0.340. The van der Waals surface area contributed by atoms with Crippen molar-refractivity contribution >= 4 is 63.5 Å². The molecule has 34 heavy (non-hydrogen) atoms. The molecule has 6 nitrogen and oxygen atoms in total. The number of likely N-dealkylation sites (N-methyl/N-ethyl adjacent to an activating group) is 1. The highest BCUT2D eigenvalue weighted by atomic mass is 35.5. The maximum absolute atomic E-state index is 13.4. The van der Waals surface area contributed by atoms with Gasteiger partial charge in [-0.3, -0.25) is 4.79 Å². The van der Waals surface area contributed by atoms with Crippen molar-refractivity contribution in [3.63, 3.8) is 0 Å². The molecule has 9 heteroatoms. The summed E-state index contributed by atoms with van der Waals surface area (Å²) in [4.78, 5) is 19.7. The van der Waals surface area contributed by atoms with Crippen molar-refractivity contribution in [1.29, 1.82) is 0 Å². The molecule has 4 rings (SSSR count). The van der Waals surface area contributed by atoms with Crippen molar-refractivity contribution in [2.45, 2.75) is 13.1 Å². The molecular weight excluding hydrogens is 491 g/mol. The van der Waals surface area contributed by atoms with Crippen LogP contribution in [0, 0.1) is 6.92 Å². The third-order valence-corrected chi connectivity index (χ3v) is 6.18. The van der Waals surface area contributed by atoms with Crippen LogP contribution in [0.1, 0.15) is 16.7 Å². The van der Waals surface area contributed by atoms with Gasteiger partial charge in [-0.05, 0) is 61.1 Å². The van der Waals surface area contributed by atoms with Gasteiger partial charge in [0.25, 0.3) is 5.91 Å². The summed E-state index contributed by atoms with van der Waals surface area (Å²) < 4.78 is 5.41. The number of amides is 1. The largest absolute Gasteiger partial charge is 0.495 e. The Bertz CT molecular complexity index is 1310. The Hall–Kier alpha value is -3.13. The number of ether oxygens (including phenoxy) is 1. The molecule has 0 aliphatic carbocycles. The second kappa shape index (κ2) is 10.0. The summed E-state index contributed by atoms with van der Waals surface area (Å²) in [6, 6.07) is 18.3. The number of benzodiazepines with no additional fused rings is 1. The maximum atomic E-state index is 13.4. The molecule has 0 saturated carbocycles. The molecular formula is C25H22Cl2N4O2S. The zero-order valence-electron chi connectivity index (χ0n) is 18.7. The van der Waals surface area contributed by atoms with Gasteiger partial charge in [-0.15, -0.1) is 0 Å². The number of methoxy groups -OCH3 is 1. The van der Waals surface area contributed by atoms with Crippen molar-refractivity contribution in [2.24, 2.45) is 4.99 Å². The fourth-order valence-corrected chi connectivity index (χ4v) is 4.33. The Morgan fingerprint density at radius 1 is 1.09 bits per heavy atom. The number of rotatable bonds is 4. The number of anilines is 2. The van der Waals surface area contributed by atoms with Gasteiger partial charge in [-0.2, -0.15) is 0 Å². The van der Waals surface area contributed by atoms with Gasteiger partial charge in [0.05, 0.1) is 24.2 Å². The van der Waals surface area contributed by atoms with Crippen molar-refractivity contribution in [3.05, 3.63) is 87.4 Å². The third-order valence-electron chi connectivity index (χ3n) is 5.40. The van der Waals surface area contributed by atoms with Crippen molar-refractivity contribution in [2.75, 3.05) is 24.4 Å². The molecule has 0 fully saturated rings. The van der Waals surface area contributed by atoms with Crippen LogP contribution in [0.5, 0.6) is 5.75 Å². The predicted octanol–water partition coefficient (Wildman–Crippen LogP) is 5.44. The van der Waals surface area contributed by atoms with Crippen LogP contribution in [-0.4, -0.2) is 37.1 Å². The number of carbonyl (C=O) groups excluding carboxylic acids is 1. The maximum Gasteiger partial charge on any atom is 0.272 e. The van der Waals surface area contributed by atoms with E-state index in [0.29, 0.717) is 44.0 Å². The van der Waals surface area contributed by atoms with Crippen molar-refractivity contribution in [3.8, 4) is 5.75 Å². The minimum atomic E-state index is -1.00. The fourth-order valence-electron chi connectivity index (χ4n) is 3.71. The van der Waals surface area contributed by atoms with Crippen LogP contribution in [0.3, 0.4) is 0 Å². The number of nitrogens with one attached hydrogen (secondary N) is 2. The number of aryl methyl sites for hydroxylation is 1. The highest BCUT2D eigenvalue weighted by Crippen LogP contribution is 2.32. The molecule has 1 amide bonds. The van der Waals surface area contributed by atoms with E-state index in [1.54, 1.807) is 38.4 Å². The van der Waals surface area contributed by atoms with Gasteiger partial charge in [0, 0.05) is 28.2 Å². The number of thiocarbonyl (C=S) groups is 1. The Morgan fingerprint density at radius 3 is 2.59 bits per heavy atom. The molecule has 1 aliphatic heterocycles. The summed E-state index contributed by atoms with van der Waals surface area (Å²) >= 11 is 18.4. The normalized spacial score (nSPS) is 15.2. The molecule has 0 aromatic heterocycles. The van der Waals surface area contributed by atoms with E-state index in [1.165, 1.54) is 4.90 Å². The van der Waals surface area contributed by atoms with Gasteiger partial charge in [0.1, 0.15) is 5.75 Å². The number of nitrogens with zero attached hydrogens (tertiary/aromatic N) is 2. The lowest BCUT2D eigenvalue weighted by molar-refractivity contribution is -0.119. The van der Waals surface area contributed by atoms with Crippen LogP contribution in [0.25, 0.3) is 0 Å². The van der Waals surface area contributed by atoms with E-state index in [-0.39, 0.29) is 11.0 Å². The molecule has 0 saturated heterocycles. The fraction of sp³-hybridized carbons (Fsp3) is 0.160.